The lowest BCUT2D eigenvalue weighted by molar-refractivity contribution is -0.115. The maximum atomic E-state index is 12.3. The predicted octanol–water partition coefficient (Wildman–Crippen LogP) is 4.13. The van der Waals surface area contributed by atoms with E-state index in [1.54, 1.807) is 22.5 Å². The van der Waals surface area contributed by atoms with Gasteiger partial charge in [-0.05, 0) is 24.6 Å². The highest BCUT2D eigenvalue weighted by Crippen LogP contribution is 2.19. The van der Waals surface area contributed by atoms with Gasteiger partial charge in [-0.15, -0.1) is 11.8 Å². The number of nitrogens with one attached hydrogen (secondary N) is 1. The first-order chi connectivity index (χ1) is 11.7. The van der Waals surface area contributed by atoms with E-state index < -0.39 is 0 Å². The molecule has 0 aliphatic carbocycles. The van der Waals surface area contributed by atoms with Gasteiger partial charge in [0.25, 0.3) is 0 Å². The lowest BCUT2D eigenvalue weighted by Crippen LogP contribution is -2.22. The molecule has 4 nitrogen and oxygen atoms in total. The fourth-order valence-corrected chi connectivity index (χ4v) is 3.06. The predicted molar refractivity (Wildman–Crippen MR) is 99.4 cm³/mol. The smallest absolute Gasteiger partial charge is 0.238 e. The molecule has 0 saturated carbocycles. The number of aromatic nitrogens is 2. The average molecular weight is 337 g/mol. The minimum absolute atomic E-state index is 0.0331. The molecule has 2 aromatic carbocycles. The summed E-state index contributed by atoms with van der Waals surface area (Å²) >= 11 is 1.61. The van der Waals surface area contributed by atoms with Gasteiger partial charge in [-0.2, -0.15) is 5.10 Å². The third-order valence-electron chi connectivity index (χ3n) is 3.57. The molecule has 1 aromatic heterocycles. The normalized spacial score (nSPS) is 11.9. The Kier molecular flexibility index (Phi) is 5.33. The van der Waals surface area contributed by atoms with Crippen molar-refractivity contribution in [3.8, 4) is 5.69 Å². The van der Waals surface area contributed by atoms with Crippen molar-refractivity contribution in [3.63, 3.8) is 0 Å². The zero-order valence-electron chi connectivity index (χ0n) is 13.4. The molecule has 0 radical (unpaired) electrons. The van der Waals surface area contributed by atoms with Gasteiger partial charge in [0.05, 0.1) is 10.9 Å². The summed E-state index contributed by atoms with van der Waals surface area (Å²) < 4.78 is 1.75. The number of carbonyl (C=O) groups is 1. The monoisotopic (exact) mass is 337 g/mol. The van der Waals surface area contributed by atoms with Crippen molar-refractivity contribution < 1.29 is 4.79 Å². The van der Waals surface area contributed by atoms with E-state index in [0.29, 0.717) is 5.82 Å². The summed E-state index contributed by atoms with van der Waals surface area (Å²) in [6.07, 6.45) is 1.84. The first kappa shape index (κ1) is 16.3. The Balaban J connectivity index is 1.55. The number of amides is 1. The molecule has 5 heteroatoms. The van der Waals surface area contributed by atoms with Crippen LogP contribution < -0.4 is 5.32 Å². The van der Waals surface area contributed by atoms with Gasteiger partial charge < -0.3 is 5.32 Å². The van der Waals surface area contributed by atoms with Gasteiger partial charge in [-0.3, -0.25) is 4.79 Å². The molecule has 0 bridgehead atoms. The van der Waals surface area contributed by atoms with Crippen LogP contribution in [0.5, 0.6) is 0 Å². The quantitative estimate of drug-likeness (QED) is 0.735. The third-order valence-corrected chi connectivity index (χ3v) is 4.79. The van der Waals surface area contributed by atoms with Crippen molar-refractivity contribution >= 4 is 23.5 Å². The average Bonchev–Trinajstić information content (AvgIpc) is 3.10. The first-order valence-electron chi connectivity index (χ1n) is 7.80. The van der Waals surface area contributed by atoms with Gasteiger partial charge in [-0.25, -0.2) is 4.68 Å². The molecule has 0 unspecified atom stereocenters. The highest BCUT2D eigenvalue weighted by molar-refractivity contribution is 7.99. The molecule has 1 N–H and O–H groups in total. The Morgan fingerprint density at radius 2 is 1.75 bits per heavy atom. The number of hydrogen-bond acceptors (Lipinski definition) is 3. The number of hydrogen-bond donors (Lipinski definition) is 1. The van der Waals surface area contributed by atoms with Crippen molar-refractivity contribution in [3.05, 3.63) is 78.5 Å². The number of para-hydroxylation sites is 1. The van der Waals surface area contributed by atoms with Gasteiger partial charge >= 0.3 is 0 Å². The zero-order valence-corrected chi connectivity index (χ0v) is 14.2. The van der Waals surface area contributed by atoms with Crippen LogP contribution in [-0.2, 0) is 10.5 Å². The van der Waals surface area contributed by atoms with Gasteiger partial charge in [0, 0.05) is 18.0 Å². The van der Waals surface area contributed by atoms with E-state index in [1.807, 2.05) is 61.7 Å². The molecule has 1 atom stereocenters. The second-order valence-electron chi connectivity index (χ2n) is 5.41. The second kappa shape index (κ2) is 7.84. The molecule has 0 aliphatic heterocycles. The maximum Gasteiger partial charge on any atom is 0.238 e. The van der Waals surface area contributed by atoms with Crippen LogP contribution in [0.1, 0.15) is 12.5 Å². The van der Waals surface area contributed by atoms with Crippen molar-refractivity contribution in [2.75, 3.05) is 5.32 Å². The third kappa shape index (κ3) is 4.26. The van der Waals surface area contributed by atoms with Crippen LogP contribution >= 0.6 is 11.8 Å². The van der Waals surface area contributed by atoms with Crippen LogP contribution in [0.2, 0.25) is 0 Å². The SMILES string of the molecule is C[C@H](SCc1ccccc1)C(=O)Nc1ccn(-c2ccccc2)n1. The molecule has 1 amide bonds. The first-order valence-corrected chi connectivity index (χ1v) is 8.85. The largest absolute Gasteiger partial charge is 0.308 e. The zero-order chi connectivity index (χ0) is 16.8. The number of thioether (sulfide) groups is 1. The summed E-state index contributed by atoms with van der Waals surface area (Å²) in [4.78, 5) is 12.3. The van der Waals surface area contributed by atoms with Crippen LogP contribution in [0.3, 0.4) is 0 Å². The molecular formula is C19H19N3OS. The van der Waals surface area contributed by atoms with Crippen molar-refractivity contribution in [1.29, 1.82) is 0 Å². The van der Waals surface area contributed by atoms with E-state index in [-0.39, 0.29) is 11.2 Å². The molecule has 0 aliphatic rings. The minimum atomic E-state index is -0.146. The van der Waals surface area contributed by atoms with E-state index in [0.717, 1.165) is 11.4 Å². The van der Waals surface area contributed by atoms with E-state index in [4.69, 9.17) is 0 Å². The molecule has 122 valence electrons. The fourth-order valence-electron chi connectivity index (χ4n) is 2.21. The van der Waals surface area contributed by atoms with Crippen molar-refractivity contribution in [2.45, 2.75) is 17.9 Å². The minimum Gasteiger partial charge on any atom is -0.308 e. The summed E-state index contributed by atoms with van der Waals surface area (Å²) in [6.45, 7) is 1.91. The summed E-state index contributed by atoms with van der Waals surface area (Å²) in [5.41, 5.74) is 2.18. The standard InChI is InChI=1S/C19H19N3OS/c1-15(24-14-16-8-4-2-5-9-16)19(23)20-18-12-13-22(21-18)17-10-6-3-7-11-17/h2-13,15H,14H2,1H3,(H,20,21,23)/t15-/m0/s1. The maximum absolute atomic E-state index is 12.3. The van der Waals surface area contributed by atoms with Crippen LogP contribution in [-0.4, -0.2) is 20.9 Å². The van der Waals surface area contributed by atoms with E-state index in [9.17, 15) is 4.79 Å². The lowest BCUT2D eigenvalue weighted by atomic mass is 10.2. The molecule has 3 rings (SSSR count). The van der Waals surface area contributed by atoms with Gasteiger partial charge in [-0.1, -0.05) is 48.5 Å². The van der Waals surface area contributed by atoms with Gasteiger partial charge in [0.1, 0.15) is 0 Å². The summed E-state index contributed by atoms with van der Waals surface area (Å²) in [5.74, 6) is 1.35. The molecule has 1 heterocycles. The molecular weight excluding hydrogens is 318 g/mol. The van der Waals surface area contributed by atoms with Crippen LogP contribution in [0.15, 0.2) is 72.9 Å². The number of anilines is 1. The van der Waals surface area contributed by atoms with Gasteiger partial charge in [0.15, 0.2) is 5.82 Å². The number of benzene rings is 2. The summed E-state index contributed by atoms with van der Waals surface area (Å²) in [5, 5.41) is 7.13. The Morgan fingerprint density at radius 1 is 1.08 bits per heavy atom. The van der Waals surface area contributed by atoms with E-state index in [2.05, 4.69) is 22.5 Å². The van der Waals surface area contributed by atoms with Gasteiger partial charge in [0.2, 0.25) is 5.91 Å². The Morgan fingerprint density at radius 3 is 2.46 bits per heavy atom. The Hall–Kier alpha value is -2.53. The number of carbonyl (C=O) groups excluding carboxylic acids is 1. The van der Waals surface area contributed by atoms with Crippen LogP contribution in [0.25, 0.3) is 5.69 Å². The molecule has 3 aromatic rings. The van der Waals surface area contributed by atoms with Crippen LogP contribution in [0, 0.1) is 0 Å². The Bertz CT molecular complexity index is 787. The van der Waals surface area contributed by atoms with Crippen molar-refractivity contribution in [1.82, 2.24) is 9.78 Å². The second-order valence-corrected chi connectivity index (χ2v) is 6.74. The highest BCUT2D eigenvalue weighted by Gasteiger charge is 2.15. The van der Waals surface area contributed by atoms with E-state index >= 15 is 0 Å². The summed E-state index contributed by atoms with van der Waals surface area (Å²) in [6, 6.07) is 21.8. The molecule has 24 heavy (non-hydrogen) atoms. The molecule has 0 spiro atoms. The fraction of sp³-hybridized carbons (Fsp3) is 0.158. The number of rotatable bonds is 6. The van der Waals surface area contributed by atoms with Crippen LogP contribution in [0.4, 0.5) is 5.82 Å². The highest BCUT2D eigenvalue weighted by atomic mass is 32.2. The molecule has 0 saturated heterocycles. The van der Waals surface area contributed by atoms with E-state index in [1.165, 1.54) is 5.56 Å². The number of nitrogens with zero attached hydrogens (tertiary/aromatic N) is 2. The molecule has 0 fully saturated rings. The lowest BCUT2D eigenvalue weighted by Gasteiger charge is -2.10. The van der Waals surface area contributed by atoms with Crippen molar-refractivity contribution in [2.24, 2.45) is 0 Å². The summed E-state index contributed by atoms with van der Waals surface area (Å²) in [7, 11) is 0. The Labute approximate surface area is 145 Å². The topological polar surface area (TPSA) is 46.9 Å².